The number of amides is 1. The van der Waals surface area contributed by atoms with Gasteiger partial charge in [-0.15, -0.1) is 0 Å². The van der Waals surface area contributed by atoms with E-state index in [4.69, 9.17) is 16.3 Å². The van der Waals surface area contributed by atoms with Gasteiger partial charge >= 0.3 is 0 Å². The Hall–Kier alpha value is -1.59. The van der Waals surface area contributed by atoms with Gasteiger partial charge in [-0.3, -0.25) is 4.79 Å². The summed E-state index contributed by atoms with van der Waals surface area (Å²) in [6.07, 6.45) is -0.152. The molecule has 6 heteroatoms. The third kappa shape index (κ3) is 3.95. The Morgan fingerprint density at radius 2 is 2.14 bits per heavy atom. The van der Waals surface area contributed by atoms with Crippen LogP contribution in [0.1, 0.15) is 5.56 Å². The first kappa shape index (κ1) is 15.8. The smallest absolute Gasteiger partial charge is 0.229 e. The fourth-order valence-corrected chi connectivity index (χ4v) is 2.42. The Morgan fingerprint density at radius 3 is 2.81 bits per heavy atom. The van der Waals surface area contributed by atoms with Crippen molar-refractivity contribution in [2.24, 2.45) is 0 Å². The number of nitrogens with one attached hydrogen (secondary N) is 1. The predicted octanol–water partition coefficient (Wildman–Crippen LogP) is 4.43. The number of hydrogen-bond donors (Lipinski definition) is 1. The molecule has 0 aliphatic heterocycles. The number of methoxy groups -OCH3 is 1. The van der Waals surface area contributed by atoms with Crippen LogP contribution in [0.2, 0.25) is 5.02 Å². The Balaban J connectivity index is 2.17. The van der Waals surface area contributed by atoms with Crippen molar-refractivity contribution < 1.29 is 13.9 Å². The van der Waals surface area contributed by atoms with Crippen molar-refractivity contribution in [1.29, 1.82) is 0 Å². The minimum atomic E-state index is -0.501. The molecule has 3 nitrogen and oxygen atoms in total. The molecule has 0 aliphatic rings. The van der Waals surface area contributed by atoms with Crippen molar-refractivity contribution >= 4 is 39.1 Å². The SMILES string of the molecule is COc1ccc(Br)cc1NC(=O)Cc1c(F)cccc1Cl. The molecule has 1 N–H and O–H groups in total. The third-order valence-corrected chi connectivity index (χ3v) is 3.68. The van der Waals surface area contributed by atoms with E-state index in [1.807, 2.05) is 0 Å². The maximum absolute atomic E-state index is 13.7. The van der Waals surface area contributed by atoms with Crippen LogP contribution in [-0.2, 0) is 11.2 Å². The van der Waals surface area contributed by atoms with Gasteiger partial charge in [0.05, 0.1) is 19.2 Å². The molecule has 2 rings (SSSR count). The fraction of sp³-hybridized carbons (Fsp3) is 0.133. The summed E-state index contributed by atoms with van der Waals surface area (Å²) in [4.78, 5) is 12.1. The first-order valence-corrected chi connectivity index (χ1v) is 7.24. The molecule has 0 spiro atoms. The number of anilines is 1. The van der Waals surface area contributed by atoms with E-state index in [9.17, 15) is 9.18 Å². The molecule has 0 atom stereocenters. The maximum Gasteiger partial charge on any atom is 0.229 e. The van der Waals surface area contributed by atoms with Crippen LogP contribution in [0.3, 0.4) is 0 Å². The summed E-state index contributed by atoms with van der Waals surface area (Å²) in [5, 5.41) is 2.91. The number of benzene rings is 2. The average Bonchev–Trinajstić information content (AvgIpc) is 2.43. The summed E-state index contributed by atoms with van der Waals surface area (Å²) < 4.78 is 19.6. The molecule has 0 bridgehead atoms. The monoisotopic (exact) mass is 371 g/mol. The lowest BCUT2D eigenvalue weighted by atomic mass is 10.1. The Bertz CT molecular complexity index is 658. The minimum Gasteiger partial charge on any atom is -0.495 e. The molecule has 2 aromatic rings. The van der Waals surface area contributed by atoms with Gasteiger partial charge in [0.2, 0.25) is 5.91 Å². The van der Waals surface area contributed by atoms with Crippen LogP contribution >= 0.6 is 27.5 Å². The lowest BCUT2D eigenvalue weighted by molar-refractivity contribution is -0.115. The van der Waals surface area contributed by atoms with Gasteiger partial charge in [0.25, 0.3) is 0 Å². The molecule has 0 heterocycles. The predicted molar refractivity (Wildman–Crippen MR) is 84.4 cm³/mol. The van der Waals surface area contributed by atoms with E-state index in [1.54, 1.807) is 24.3 Å². The number of carbonyl (C=O) groups is 1. The van der Waals surface area contributed by atoms with Crippen LogP contribution in [0.5, 0.6) is 5.75 Å². The van der Waals surface area contributed by atoms with Crippen LogP contribution < -0.4 is 10.1 Å². The van der Waals surface area contributed by atoms with Crippen molar-refractivity contribution in [3.63, 3.8) is 0 Å². The minimum absolute atomic E-state index is 0.152. The van der Waals surface area contributed by atoms with Gasteiger partial charge in [-0.1, -0.05) is 33.6 Å². The highest BCUT2D eigenvalue weighted by Gasteiger charge is 2.13. The van der Waals surface area contributed by atoms with Gasteiger partial charge in [-0.2, -0.15) is 0 Å². The Labute approximate surface area is 135 Å². The summed E-state index contributed by atoms with van der Waals surface area (Å²) in [6.45, 7) is 0. The fourth-order valence-electron chi connectivity index (χ4n) is 1.83. The normalized spacial score (nSPS) is 10.3. The quantitative estimate of drug-likeness (QED) is 0.862. The Kier molecular flexibility index (Phi) is 5.20. The molecule has 0 saturated heterocycles. The van der Waals surface area contributed by atoms with Crippen molar-refractivity contribution in [1.82, 2.24) is 0 Å². The van der Waals surface area contributed by atoms with Crippen LogP contribution in [0.25, 0.3) is 0 Å². The van der Waals surface area contributed by atoms with Crippen LogP contribution in [0, 0.1) is 5.82 Å². The summed E-state index contributed by atoms with van der Waals surface area (Å²) in [5.41, 5.74) is 0.676. The lowest BCUT2D eigenvalue weighted by Gasteiger charge is -2.11. The number of hydrogen-bond acceptors (Lipinski definition) is 2. The maximum atomic E-state index is 13.7. The van der Waals surface area contributed by atoms with E-state index in [-0.39, 0.29) is 22.9 Å². The van der Waals surface area contributed by atoms with Gasteiger partial charge < -0.3 is 10.1 Å². The highest BCUT2D eigenvalue weighted by molar-refractivity contribution is 9.10. The summed E-state index contributed by atoms with van der Waals surface area (Å²) in [5.74, 6) is -0.358. The number of halogens is 3. The van der Waals surface area contributed by atoms with E-state index in [0.29, 0.717) is 11.4 Å². The van der Waals surface area contributed by atoms with Crippen molar-refractivity contribution in [3.05, 3.63) is 57.3 Å². The number of ether oxygens (including phenoxy) is 1. The Morgan fingerprint density at radius 1 is 1.38 bits per heavy atom. The zero-order valence-corrected chi connectivity index (χ0v) is 13.5. The van der Waals surface area contributed by atoms with Crippen LogP contribution in [0.4, 0.5) is 10.1 Å². The summed E-state index contributed by atoms with van der Waals surface area (Å²) >= 11 is 9.23. The highest BCUT2D eigenvalue weighted by atomic mass is 79.9. The molecule has 1 amide bonds. The molecule has 0 fully saturated rings. The summed E-state index contributed by atoms with van der Waals surface area (Å²) in [7, 11) is 1.51. The molecule has 2 aromatic carbocycles. The average molecular weight is 373 g/mol. The van der Waals surface area contributed by atoms with Crippen molar-refractivity contribution in [2.75, 3.05) is 12.4 Å². The standard InChI is InChI=1S/C15H12BrClFNO2/c1-21-14-6-5-9(16)7-13(14)19-15(20)8-10-11(17)3-2-4-12(10)18/h2-7H,8H2,1H3,(H,19,20). The molecule has 0 aromatic heterocycles. The topological polar surface area (TPSA) is 38.3 Å². The first-order chi connectivity index (χ1) is 10.0. The molecule has 0 unspecified atom stereocenters. The second-order valence-corrected chi connectivity index (χ2v) is 5.59. The second kappa shape index (κ2) is 6.91. The van der Waals surface area contributed by atoms with Gasteiger partial charge in [-0.25, -0.2) is 4.39 Å². The molecular weight excluding hydrogens is 361 g/mol. The van der Waals surface area contributed by atoms with Crippen LogP contribution in [-0.4, -0.2) is 13.0 Å². The largest absolute Gasteiger partial charge is 0.495 e. The van der Waals surface area contributed by atoms with Gasteiger partial charge in [0.1, 0.15) is 11.6 Å². The second-order valence-electron chi connectivity index (χ2n) is 4.27. The van der Waals surface area contributed by atoms with E-state index < -0.39 is 5.82 Å². The van der Waals surface area contributed by atoms with Crippen molar-refractivity contribution in [3.8, 4) is 5.75 Å². The highest BCUT2D eigenvalue weighted by Crippen LogP contribution is 2.28. The molecular formula is C15H12BrClFNO2. The van der Waals surface area contributed by atoms with Gasteiger partial charge in [-0.05, 0) is 30.3 Å². The molecule has 0 aliphatic carbocycles. The molecule has 110 valence electrons. The zero-order chi connectivity index (χ0) is 15.4. The van der Waals surface area contributed by atoms with E-state index in [2.05, 4.69) is 21.2 Å². The van der Waals surface area contributed by atoms with Gasteiger partial charge in [0, 0.05) is 15.1 Å². The number of carbonyl (C=O) groups excluding carboxylic acids is 1. The summed E-state index contributed by atoms with van der Waals surface area (Å²) in [6, 6.07) is 9.54. The van der Waals surface area contributed by atoms with Gasteiger partial charge in [0.15, 0.2) is 0 Å². The van der Waals surface area contributed by atoms with E-state index >= 15 is 0 Å². The lowest BCUT2D eigenvalue weighted by Crippen LogP contribution is -2.16. The van der Waals surface area contributed by atoms with E-state index in [0.717, 1.165) is 4.47 Å². The first-order valence-electron chi connectivity index (χ1n) is 6.07. The molecule has 0 radical (unpaired) electrons. The molecule has 0 saturated carbocycles. The number of rotatable bonds is 4. The van der Waals surface area contributed by atoms with Crippen molar-refractivity contribution in [2.45, 2.75) is 6.42 Å². The third-order valence-electron chi connectivity index (χ3n) is 2.83. The van der Waals surface area contributed by atoms with E-state index in [1.165, 1.54) is 19.2 Å². The molecule has 21 heavy (non-hydrogen) atoms. The zero-order valence-electron chi connectivity index (χ0n) is 11.1. The van der Waals surface area contributed by atoms with Crippen LogP contribution in [0.15, 0.2) is 40.9 Å².